The van der Waals surface area contributed by atoms with E-state index in [0.29, 0.717) is 0 Å². The van der Waals surface area contributed by atoms with Crippen molar-refractivity contribution in [2.24, 2.45) is 0 Å². The number of para-hydroxylation sites is 2. The first-order chi connectivity index (χ1) is 15.6. The molecule has 1 heterocycles. The van der Waals surface area contributed by atoms with E-state index in [0.717, 1.165) is 0 Å². The Hall–Kier alpha value is -3.84. The van der Waals surface area contributed by atoms with Gasteiger partial charge in [-0.15, -0.1) is 0 Å². The van der Waals surface area contributed by atoms with Gasteiger partial charge in [-0.05, 0) is 63.4 Å². The Morgan fingerprint density at radius 1 is 0.562 bits per heavy atom. The highest BCUT2D eigenvalue weighted by Crippen LogP contribution is 2.53. The predicted octanol–water partition coefficient (Wildman–Crippen LogP) is 8.24. The van der Waals surface area contributed by atoms with Crippen LogP contribution in [-0.2, 0) is 5.41 Å². The van der Waals surface area contributed by atoms with Gasteiger partial charge in [0.2, 0.25) is 0 Å². The summed E-state index contributed by atoms with van der Waals surface area (Å²) < 4.78 is 2.41. The van der Waals surface area contributed by atoms with Gasteiger partial charge in [-0.1, -0.05) is 86.6 Å². The lowest BCUT2D eigenvalue weighted by molar-refractivity contribution is 0.667. The van der Waals surface area contributed by atoms with Gasteiger partial charge in [0.25, 0.3) is 0 Å². The van der Waals surface area contributed by atoms with Gasteiger partial charge in [0.15, 0.2) is 0 Å². The zero-order valence-electron chi connectivity index (χ0n) is 18.3. The molecule has 0 radical (unpaired) electrons. The molecular weight excluding hydrogens is 386 g/mol. The first kappa shape index (κ1) is 17.8. The van der Waals surface area contributed by atoms with Gasteiger partial charge in [-0.25, -0.2) is 0 Å². The number of aromatic nitrogens is 1. The summed E-state index contributed by atoms with van der Waals surface area (Å²) in [6.45, 7) is 4.76. The van der Waals surface area contributed by atoms with Crippen LogP contribution in [0.25, 0.3) is 49.4 Å². The van der Waals surface area contributed by atoms with Crippen LogP contribution in [0, 0.1) is 0 Å². The summed E-state index contributed by atoms with van der Waals surface area (Å²) in [7, 11) is 0. The maximum absolute atomic E-state index is 2.46. The number of hydrogen-bond donors (Lipinski definition) is 0. The van der Waals surface area contributed by atoms with Crippen LogP contribution < -0.4 is 0 Å². The van der Waals surface area contributed by atoms with Crippen molar-refractivity contribution in [3.63, 3.8) is 0 Å². The Kier molecular flexibility index (Phi) is 3.40. The quantitative estimate of drug-likeness (QED) is 0.258. The topological polar surface area (TPSA) is 4.93 Å². The monoisotopic (exact) mass is 409 g/mol. The summed E-state index contributed by atoms with van der Waals surface area (Å²) in [5.74, 6) is 0. The molecule has 0 atom stereocenters. The largest absolute Gasteiger partial charge is 0.309 e. The maximum atomic E-state index is 2.46. The van der Waals surface area contributed by atoms with Crippen LogP contribution in [0.2, 0.25) is 0 Å². The molecule has 1 aliphatic rings. The van der Waals surface area contributed by atoms with Crippen LogP contribution in [0.3, 0.4) is 0 Å². The van der Waals surface area contributed by atoms with Crippen molar-refractivity contribution in [1.82, 2.24) is 4.57 Å². The van der Waals surface area contributed by atoms with Crippen molar-refractivity contribution in [1.29, 1.82) is 0 Å². The van der Waals surface area contributed by atoms with Crippen molar-refractivity contribution >= 4 is 32.6 Å². The van der Waals surface area contributed by atoms with E-state index in [1.807, 2.05) is 0 Å². The molecule has 0 bridgehead atoms. The third-order valence-corrected chi connectivity index (χ3v) is 7.34. The molecule has 7 rings (SSSR count). The maximum Gasteiger partial charge on any atom is 0.0547 e. The zero-order chi connectivity index (χ0) is 21.4. The van der Waals surface area contributed by atoms with Crippen molar-refractivity contribution in [3.8, 4) is 16.8 Å². The second kappa shape index (κ2) is 6.11. The minimum absolute atomic E-state index is 0.0460. The van der Waals surface area contributed by atoms with Crippen molar-refractivity contribution < 1.29 is 0 Å². The molecule has 0 spiro atoms. The van der Waals surface area contributed by atoms with E-state index in [-0.39, 0.29) is 5.41 Å². The summed E-state index contributed by atoms with van der Waals surface area (Å²) in [6.07, 6.45) is 0. The molecule has 0 aliphatic heterocycles. The van der Waals surface area contributed by atoms with Crippen LogP contribution in [0.1, 0.15) is 25.0 Å². The molecule has 0 amide bonds. The van der Waals surface area contributed by atoms with Crippen molar-refractivity contribution in [3.05, 3.63) is 114 Å². The molecule has 6 aromatic rings. The third-order valence-electron chi connectivity index (χ3n) is 7.34. The summed E-state index contributed by atoms with van der Waals surface area (Å²) in [6, 6.07) is 37.8. The molecule has 152 valence electrons. The first-order valence-corrected chi connectivity index (χ1v) is 11.3. The molecule has 0 saturated heterocycles. The Labute approximate surface area is 187 Å². The Bertz CT molecular complexity index is 1680. The molecule has 0 fully saturated rings. The molecule has 0 unspecified atom stereocenters. The average molecular weight is 410 g/mol. The highest BCUT2D eigenvalue weighted by atomic mass is 15.0. The average Bonchev–Trinajstić information content (AvgIpc) is 3.27. The zero-order valence-corrected chi connectivity index (χ0v) is 18.3. The molecule has 5 aromatic carbocycles. The molecule has 1 nitrogen and oxygen atoms in total. The Morgan fingerprint density at radius 3 is 2.12 bits per heavy atom. The summed E-state index contributed by atoms with van der Waals surface area (Å²) >= 11 is 0. The third kappa shape index (κ3) is 2.18. The SMILES string of the molecule is CC1(C)c2cc3c4ccccc4n(-c4ccccc4)c3cc2-c2ccc3ccccc3c21. The fourth-order valence-corrected chi connectivity index (χ4v) is 5.91. The van der Waals surface area contributed by atoms with Gasteiger partial charge < -0.3 is 4.57 Å². The van der Waals surface area contributed by atoms with Crippen LogP contribution in [-0.4, -0.2) is 4.57 Å². The van der Waals surface area contributed by atoms with Crippen LogP contribution >= 0.6 is 0 Å². The second-order valence-corrected chi connectivity index (χ2v) is 9.44. The van der Waals surface area contributed by atoms with Crippen molar-refractivity contribution in [2.45, 2.75) is 19.3 Å². The van der Waals surface area contributed by atoms with E-state index in [9.17, 15) is 0 Å². The number of fused-ring (bicyclic) bond motifs is 8. The highest BCUT2D eigenvalue weighted by molar-refractivity contribution is 6.12. The number of benzene rings is 5. The standard InChI is InChI=1S/C31H23N/c1-31(2)27-18-26-23-14-8-9-15-28(23)32(21-11-4-3-5-12-21)29(26)19-25(27)24-17-16-20-10-6-7-13-22(20)30(24)31/h3-19H,1-2H3. The summed E-state index contributed by atoms with van der Waals surface area (Å²) in [5, 5.41) is 5.32. The van der Waals surface area contributed by atoms with Gasteiger partial charge in [-0.3, -0.25) is 0 Å². The predicted molar refractivity (Wildman–Crippen MR) is 136 cm³/mol. The smallest absolute Gasteiger partial charge is 0.0547 e. The summed E-state index contributed by atoms with van der Waals surface area (Å²) in [4.78, 5) is 0. The minimum atomic E-state index is -0.0460. The normalized spacial score (nSPS) is 14.2. The number of nitrogens with zero attached hydrogens (tertiary/aromatic N) is 1. The van der Waals surface area contributed by atoms with Crippen LogP contribution in [0.4, 0.5) is 0 Å². The van der Waals surface area contributed by atoms with E-state index in [1.54, 1.807) is 0 Å². The van der Waals surface area contributed by atoms with Crippen LogP contribution in [0.15, 0.2) is 103 Å². The highest BCUT2D eigenvalue weighted by Gasteiger charge is 2.37. The first-order valence-electron chi connectivity index (χ1n) is 11.3. The van der Waals surface area contributed by atoms with Gasteiger partial charge in [0.1, 0.15) is 0 Å². The number of hydrogen-bond acceptors (Lipinski definition) is 0. The van der Waals surface area contributed by atoms with E-state index in [2.05, 4.69) is 122 Å². The Morgan fingerprint density at radius 2 is 1.28 bits per heavy atom. The van der Waals surface area contributed by atoms with Gasteiger partial charge in [-0.2, -0.15) is 0 Å². The van der Waals surface area contributed by atoms with Gasteiger partial charge >= 0.3 is 0 Å². The molecule has 1 aliphatic carbocycles. The lowest BCUT2D eigenvalue weighted by Crippen LogP contribution is -2.15. The molecule has 0 N–H and O–H groups in total. The lowest BCUT2D eigenvalue weighted by atomic mass is 9.80. The van der Waals surface area contributed by atoms with E-state index in [4.69, 9.17) is 0 Å². The van der Waals surface area contributed by atoms with E-state index in [1.165, 1.54) is 60.5 Å². The number of rotatable bonds is 1. The van der Waals surface area contributed by atoms with E-state index >= 15 is 0 Å². The van der Waals surface area contributed by atoms with Gasteiger partial charge in [0.05, 0.1) is 11.0 Å². The molecular formula is C31H23N. The Balaban J connectivity index is 1.64. The second-order valence-electron chi connectivity index (χ2n) is 9.44. The van der Waals surface area contributed by atoms with Gasteiger partial charge in [0, 0.05) is 21.9 Å². The molecule has 0 saturated carbocycles. The van der Waals surface area contributed by atoms with Crippen LogP contribution in [0.5, 0.6) is 0 Å². The summed E-state index contributed by atoms with van der Waals surface area (Å²) in [5.41, 5.74) is 9.30. The lowest BCUT2D eigenvalue weighted by Gasteiger charge is -2.23. The molecule has 32 heavy (non-hydrogen) atoms. The van der Waals surface area contributed by atoms with E-state index < -0.39 is 0 Å². The minimum Gasteiger partial charge on any atom is -0.309 e. The molecule has 1 aromatic heterocycles. The fourth-order valence-electron chi connectivity index (χ4n) is 5.91. The van der Waals surface area contributed by atoms with Crippen molar-refractivity contribution in [2.75, 3.05) is 0 Å². The molecule has 1 heteroatoms. The fraction of sp³-hybridized carbons (Fsp3) is 0.0968.